The van der Waals surface area contributed by atoms with Crippen LogP contribution in [0, 0.1) is 0 Å². The van der Waals surface area contributed by atoms with Crippen LogP contribution in [0.15, 0.2) is 33.4 Å². The fourth-order valence-electron chi connectivity index (χ4n) is 1.21. The standard InChI is InChI=1S/C10H8BrNO3/c1-12-10(13)15-9-5-14-8-3-2-6(11)4-7(8)9/h2-5H,1H3,(H,12,13). The van der Waals surface area contributed by atoms with Gasteiger partial charge in [-0.25, -0.2) is 4.79 Å². The van der Waals surface area contributed by atoms with E-state index in [1.807, 2.05) is 12.1 Å². The minimum absolute atomic E-state index is 0.408. The molecule has 0 atom stereocenters. The minimum atomic E-state index is -0.516. The molecule has 0 unspecified atom stereocenters. The van der Waals surface area contributed by atoms with E-state index in [1.165, 1.54) is 13.3 Å². The van der Waals surface area contributed by atoms with Gasteiger partial charge in [0.1, 0.15) is 11.8 Å². The molecule has 0 fully saturated rings. The van der Waals surface area contributed by atoms with Gasteiger partial charge in [0.2, 0.25) is 0 Å². The van der Waals surface area contributed by atoms with Crippen molar-refractivity contribution in [3.8, 4) is 5.75 Å². The highest BCUT2D eigenvalue weighted by Crippen LogP contribution is 2.30. The summed E-state index contributed by atoms with van der Waals surface area (Å²) in [6.45, 7) is 0. The van der Waals surface area contributed by atoms with E-state index >= 15 is 0 Å². The Morgan fingerprint density at radius 2 is 2.33 bits per heavy atom. The smallest absolute Gasteiger partial charge is 0.412 e. The molecule has 1 N–H and O–H groups in total. The molecule has 0 bridgehead atoms. The molecule has 0 aliphatic rings. The normalized spacial score (nSPS) is 10.3. The topological polar surface area (TPSA) is 51.5 Å². The average molecular weight is 270 g/mol. The number of hydrogen-bond acceptors (Lipinski definition) is 3. The first-order valence-electron chi connectivity index (χ1n) is 4.27. The van der Waals surface area contributed by atoms with Gasteiger partial charge < -0.3 is 14.5 Å². The van der Waals surface area contributed by atoms with Gasteiger partial charge in [-0.1, -0.05) is 15.9 Å². The number of nitrogens with one attached hydrogen (secondary N) is 1. The van der Waals surface area contributed by atoms with E-state index in [4.69, 9.17) is 9.15 Å². The lowest BCUT2D eigenvalue weighted by molar-refractivity contribution is 0.203. The van der Waals surface area contributed by atoms with Crippen molar-refractivity contribution in [1.82, 2.24) is 5.32 Å². The predicted octanol–water partition coefficient (Wildman–Crippen LogP) is 2.91. The molecule has 5 heteroatoms. The largest absolute Gasteiger partial charge is 0.460 e. The highest BCUT2D eigenvalue weighted by molar-refractivity contribution is 9.10. The van der Waals surface area contributed by atoms with Crippen LogP contribution in [0.1, 0.15) is 0 Å². The monoisotopic (exact) mass is 269 g/mol. The summed E-state index contributed by atoms with van der Waals surface area (Å²) in [5.74, 6) is 0.408. The third-order valence-electron chi connectivity index (χ3n) is 1.91. The van der Waals surface area contributed by atoms with E-state index in [-0.39, 0.29) is 0 Å². The zero-order valence-corrected chi connectivity index (χ0v) is 9.50. The Hall–Kier alpha value is -1.49. The summed E-state index contributed by atoms with van der Waals surface area (Å²) in [6.07, 6.45) is 0.893. The molecule has 2 rings (SSSR count). The summed E-state index contributed by atoms with van der Waals surface area (Å²) in [4.78, 5) is 11.0. The molecule has 1 aromatic carbocycles. The second kappa shape index (κ2) is 3.94. The highest BCUT2D eigenvalue weighted by atomic mass is 79.9. The van der Waals surface area contributed by atoms with Gasteiger partial charge in [-0.2, -0.15) is 0 Å². The summed E-state index contributed by atoms with van der Waals surface area (Å²) in [6, 6.07) is 5.49. The van der Waals surface area contributed by atoms with Crippen molar-refractivity contribution in [3.63, 3.8) is 0 Å². The Kier molecular flexibility index (Phi) is 2.64. The molecule has 0 aliphatic heterocycles. The quantitative estimate of drug-likeness (QED) is 0.866. The van der Waals surface area contributed by atoms with E-state index < -0.39 is 6.09 Å². The zero-order valence-electron chi connectivity index (χ0n) is 7.91. The van der Waals surface area contributed by atoms with Crippen LogP contribution in [0.2, 0.25) is 0 Å². The fourth-order valence-corrected chi connectivity index (χ4v) is 1.57. The Bertz CT molecular complexity index is 506. The fraction of sp³-hybridized carbons (Fsp3) is 0.100. The lowest BCUT2D eigenvalue weighted by Crippen LogP contribution is -2.21. The maximum Gasteiger partial charge on any atom is 0.412 e. The van der Waals surface area contributed by atoms with Crippen molar-refractivity contribution in [2.45, 2.75) is 0 Å². The number of furan rings is 1. The Morgan fingerprint density at radius 3 is 3.07 bits per heavy atom. The van der Waals surface area contributed by atoms with Crippen LogP contribution in [-0.2, 0) is 0 Å². The number of halogens is 1. The van der Waals surface area contributed by atoms with Crippen molar-refractivity contribution in [1.29, 1.82) is 0 Å². The number of amides is 1. The molecule has 1 amide bonds. The second-order valence-corrected chi connectivity index (χ2v) is 3.80. The zero-order chi connectivity index (χ0) is 10.8. The number of rotatable bonds is 1. The molecular formula is C10H8BrNO3. The number of carbonyl (C=O) groups is 1. The molecule has 2 aromatic rings. The Morgan fingerprint density at radius 1 is 1.53 bits per heavy atom. The molecule has 0 radical (unpaired) electrons. The van der Waals surface area contributed by atoms with Crippen LogP contribution in [0.4, 0.5) is 4.79 Å². The van der Waals surface area contributed by atoms with Gasteiger partial charge in [0.05, 0.1) is 5.39 Å². The highest BCUT2D eigenvalue weighted by Gasteiger charge is 2.10. The van der Waals surface area contributed by atoms with Crippen LogP contribution >= 0.6 is 15.9 Å². The molecule has 78 valence electrons. The molecule has 4 nitrogen and oxygen atoms in total. The van der Waals surface area contributed by atoms with Gasteiger partial charge in [0.15, 0.2) is 5.75 Å². The first-order valence-corrected chi connectivity index (χ1v) is 5.06. The lowest BCUT2D eigenvalue weighted by atomic mass is 10.2. The minimum Gasteiger partial charge on any atom is -0.460 e. The van der Waals surface area contributed by atoms with E-state index in [9.17, 15) is 4.79 Å². The first-order chi connectivity index (χ1) is 7.20. The molecule has 0 aliphatic carbocycles. The molecule has 1 heterocycles. The van der Waals surface area contributed by atoms with Crippen LogP contribution in [-0.4, -0.2) is 13.1 Å². The van der Waals surface area contributed by atoms with Crippen molar-refractivity contribution in [3.05, 3.63) is 28.9 Å². The van der Waals surface area contributed by atoms with E-state index in [1.54, 1.807) is 6.07 Å². The van der Waals surface area contributed by atoms with Crippen LogP contribution in [0.3, 0.4) is 0 Å². The van der Waals surface area contributed by atoms with Crippen molar-refractivity contribution in [2.75, 3.05) is 7.05 Å². The molecule has 0 saturated carbocycles. The summed E-state index contributed by atoms with van der Waals surface area (Å²) < 4.78 is 11.1. The van der Waals surface area contributed by atoms with E-state index in [2.05, 4.69) is 21.2 Å². The van der Waals surface area contributed by atoms with E-state index in [0.29, 0.717) is 11.3 Å². The van der Waals surface area contributed by atoms with Gasteiger partial charge in [0, 0.05) is 11.5 Å². The van der Waals surface area contributed by atoms with Gasteiger partial charge in [-0.3, -0.25) is 0 Å². The summed E-state index contributed by atoms with van der Waals surface area (Å²) in [5, 5.41) is 3.13. The Labute approximate surface area is 94.3 Å². The first kappa shape index (κ1) is 10.0. The van der Waals surface area contributed by atoms with E-state index in [0.717, 1.165) is 9.86 Å². The van der Waals surface area contributed by atoms with Crippen LogP contribution < -0.4 is 10.1 Å². The predicted molar refractivity (Wildman–Crippen MR) is 59.0 cm³/mol. The summed E-state index contributed by atoms with van der Waals surface area (Å²) in [5.41, 5.74) is 0.678. The number of hydrogen-bond donors (Lipinski definition) is 1. The molecular weight excluding hydrogens is 262 g/mol. The number of fused-ring (bicyclic) bond motifs is 1. The third kappa shape index (κ3) is 1.97. The van der Waals surface area contributed by atoms with Crippen molar-refractivity contribution >= 4 is 33.0 Å². The van der Waals surface area contributed by atoms with Crippen molar-refractivity contribution < 1.29 is 13.9 Å². The maximum absolute atomic E-state index is 11.0. The van der Waals surface area contributed by atoms with Crippen molar-refractivity contribution in [2.24, 2.45) is 0 Å². The summed E-state index contributed by atoms with van der Waals surface area (Å²) in [7, 11) is 1.50. The van der Waals surface area contributed by atoms with Crippen LogP contribution in [0.5, 0.6) is 5.75 Å². The van der Waals surface area contributed by atoms with Gasteiger partial charge in [-0.15, -0.1) is 0 Å². The SMILES string of the molecule is CNC(=O)Oc1coc2ccc(Br)cc12. The number of benzene rings is 1. The lowest BCUT2D eigenvalue weighted by Gasteiger charge is -1.99. The Balaban J connectivity index is 2.43. The van der Waals surface area contributed by atoms with Gasteiger partial charge >= 0.3 is 6.09 Å². The number of ether oxygens (including phenoxy) is 1. The molecule has 0 saturated heterocycles. The maximum atomic E-state index is 11.0. The van der Waals surface area contributed by atoms with Crippen LogP contribution in [0.25, 0.3) is 11.0 Å². The average Bonchev–Trinajstić information content (AvgIpc) is 2.61. The molecule has 15 heavy (non-hydrogen) atoms. The van der Waals surface area contributed by atoms with Gasteiger partial charge in [-0.05, 0) is 18.2 Å². The third-order valence-corrected chi connectivity index (χ3v) is 2.40. The number of carbonyl (C=O) groups excluding carboxylic acids is 1. The summed E-state index contributed by atoms with van der Waals surface area (Å²) >= 11 is 3.34. The van der Waals surface area contributed by atoms with Gasteiger partial charge in [0.25, 0.3) is 0 Å². The molecule has 1 aromatic heterocycles. The second-order valence-electron chi connectivity index (χ2n) is 2.88. The molecule has 0 spiro atoms.